The molecule has 0 unspecified atom stereocenters. The lowest BCUT2D eigenvalue weighted by Gasteiger charge is -2.05. The fourth-order valence-corrected chi connectivity index (χ4v) is 2.73. The zero-order valence-corrected chi connectivity index (χ0v) is 13.0. The molecule has 0 N–H and O–H groups in total. The van der Waals surface area contributed by atoms with Crippen LogP contribution in [0.2, 0.25) is 0 Å². The van der Waals surface area contributed by atoms with Gasteiger partial charge in [-0.05, 0) is 11.4 Å². The van der Waals surface area contributed by atoms with Crippen molar-refractivity contribution in [3.8, 4) is 0 Å². The topological polar surface area (TPSA) is 46.5 Å². The molecule has 0 spiro atoms. The Balaban J connectivity index is 2.04. The predicted molar refractivity (Wildman–Crippen MR) is 92.4 cm³/mol. The summed E-state index contributed by atoms with van der Waals surface area (Å²) in [5.41, 5.74) is 1.30. The minimum atomic E-state index is -0.400. The van der Waals surface area contributed by atoms with Crippen molar-refractivity contribution < 1.29 is 9.59 Å². The highest BCUT2D eigenvalue weighted by Crippen LogP contribution is 2.14. The first-order chi connectivity index (χ1) is 11.3. The van der Waals surface area contributed by atoms with Gasteiger partial charge in [0.2, 0.25) is 5.78 Å². The Hall–Kier alpha value is -2.85. The van der Waals surface area contributed by atoms with Crippen molar-refractivity contribution in [2.45, 2.75) is 0 Å². The van der Waals surface area contributed by atoms with Crippen LogP contribution in [0.5, 0.6) is 0 Å². The van der Waals surface area contributed by atoms with E-state index >= 15 is 0 Å². The first kappa shape index (κ1) is 15.1. The van der Waals surface area contributed by atoms with Gasteiger partial charge in [0.15, 0.2) is 0 Å². The van der Waals surface area contributed by atoms with E-state index in [1.807, 2.05) is 29.6 Å². The van der Waals surface area contributed by atoms with Crippen molar-refractivity contribution in [3.05, 3.63) is 94.2 Å². The number of nitrogens with zero attached hydrogens (tertiary/aromatic N) is 1. The van der Waals surface area contributed by atoms with Crippen LogP contribution in [0.25, 0.3) is 0 Å². The lowest BCUT2D eigenvalue weighted by Crippen LogP contribution is -2.17. The lowest BCUT2D eigenvalue weighted by molar-refractivity contribution is 0.0996. The van der Waals surface area contributed by atoms with Crippen molar-refractivity contribution in [1.82, 2.24) is 0 Å². The molecule has 0 aliphatic heterocycles. The second kappa shape index (κ2) is 6.94. The Labute approximate surface area is 137 Å². The monoisotopic (exact) mass is 319 g/mol. The van der Waals surface area contributed by atoms with E-state index in [1.165, 1.54) is 11.3 Å². The summed E-state index contributed by atoms with van der Waals surface area (Å²) in [5, 5.41) is 1.81. The van der Waals surface area contributed by atoms with Crippen LogP contribution < -0.4 is 0 Å². The standard InChI is InChI=1S/C19H13NO2S/c21-18(15-10-5-2-6-11-15)17(14-8-3-1-4-9-14)20-19(22)16-12-7-13-23-16/h1-13H. The average Bonchev–Trinajstić information content (AvgIpc) is 3.15. The molecule has 4 heteroatoms. The number of benzene rings is 2. The average molecular weight is 319 g/mol. The van der Waals surface area contributed by atoms with Crippen LogP contribution in [0.1, 0.15) is 25.6 Å². The lowest BCUT2D eigenvalue weighted by atomic mass is 10.0. The van der Waals surface area contributed by atoms with Gasteiger partial charge >= 0.3 is 0 Å². The molecule has 1 aromatic heterocycles. The van der Waals surface area contributed by atoms with E-state index in [2.05, 4.69) is 4.99 Å². The Morgan fingerprint density at radius 2 is 1.35 bits per heavy atom. The van der Waals surface area contributed by atoms with E-state index in [0.717, 1.165) is 0 Å². The Morgan fingerprint density at radius 1 is 0.739 bits per heavy atom. The molecule has 23 heavy (non-hydrogen) atoms. The molecule has 3 aromatic rings. The van der Waals surface area contributed by atoms with Crippen LogP contribution in [-0.4, -0.2) is 17.4 Å². The van der Waals surface area contributed by atoms with E-state index in [-0.39, 0.29) is 11.5 Å². The number of aliphatic imine (C=N–C) groups is 1. The zero-order valence-electron chi connectivity index (χ0n) is 12.2. The molecule has 0 saturated carbocycles. The molecule has 2 aromatic carbocycles. The summed E-state index contributed by atoms with van der Waals surface area (Å²) < 4.78 is 0. The molecule has 0 aliphatic rings. The molecule has 0 aliphatic carbocycles. The van der Waals surface area contributed by atoms with Crippen LogP contribution >= 0.6 is 11.3 Å². The molecule has 0 atom stereocenters. The Morgan fingerprint density at radius 3 is 1.91 bits per heavy atom. The van der Waals surface area contributed by atoms with Gasteiger partial charge in [0.05, 0.1) is 4.88 Å². The first-order valence-electron chi connectivity index (χ1n) is 7.07. The fraction of sp³-hybridized carbons (Fsp3) is 0. The van der Waals surface area contributed by atoms with E-state index < -0.39 is 5.91 Å². The van der Waals surface area contributed by atoms with Gasteiger partial charge in [-0.1, -0.05) is 66.7 Å². The van der Waals surface area contributed by atoms with Crippen LogP contribution in [0.15, 0.2) is 83.2 Å². The summed E-state index contributed by atoms with van der Waals surface area (Å²) in [6.45, 7) is 0. The van der Waals surface area contributed by atoms with Gasteiger partial charge in [-0.15, -0.1) is 11.3 Å². The Kier molecular flexibility index (Phi) is 4.54. The van der Waals surface area contributed by atoms with Crippen molar-refractivity contribution in [1.29, 1.82) is 0 Å². The number of hydrogen-bond donors (Lipinski definition) is 0. The number of rotatable bonds is 4. The molecule has 0 radical (unpaired) electrons. The van der Waals surface area contributed by atoms with Crippen LogP contribution in [0.4, 0.5) is 0 Å². The van der Waals surface area contributed by atoms with Gasteiger partial charge < -0.3 is 0 Å². The summed E-state index contributed by atoms with van der Waals surface area (Å²) in [6.07, 6.45) is 0. The van der Waals surface area contributed by atoms with E-state index in [4.69, 9.17) is 0 Å². The highest BCUT2D eigenvalue weighted by molar-refractivity contribution is 7.12. The number of carbonyl (C=O) groups excluding carboxylic acids is 2. The molecule has 0 saturated heterocycles. The molecule has 112 valence electrons. The summed E-state index contributed by atoms with van der Waals surface area (Å²) in [6, 6.07) is 21.4. The van der Waals surface area contributed by atoms with Gasteiger partial charge in [0.25, 0.3) is 5.91 Å². The number of thiophene rings is 1. The molecule has 0 bridgehead atoms. The third-order valence-corrected chi connectivity index (χ3v) is 4.10. The number of ketones is 1. The maximum absolute atomic E-state index is 12.8. The van der Waals surface area contributed by atoms with Crippen molar-refractivity contribution >= 4 is 28.7 Å². The molecular formula is C19H13NO2S. The van der Waals surface area contributed by atoms with Crippen LogP contribution in [-0.2, 0) is 0 Å². The molecule has 3 rings (SSSR count). The van der Waals surface area contributed by atoms with E-state index in [0.29, 0.717) is 16.0 Å². The zero-order chi connectivity index (χ0) is 16.1. The molecule has 0 fully saturated rings. The second-order valence-electron chi connectivity index (χ2n) is 4.80. The van der Waals surface area contributed by atoms with Gasteiger partial charge in [-0.3, -0.25) is 9.59 Å². The highest BCUT2D eigenvalue weighted by Gasteiger charge is 2.18. The molecule has 3 nitrogen and oxygen atoms in total. The normalized spacial score (nSPS) is 11.2. The maximum atomic E-state index is 12.8. The van der Waals surface area contributed by atoms with Crippen molar-refractivity contribution in [2.75, 3.05) is 0 Å². The van der Waals surface area contributed by atoms with Gasteiger partial charge in [-0.25, -0.2) is 4.99 Å². The SMILES string of the molecule is O=C(C(=NC(=O)c1cccs1)c1ccccc1)c1ccccc1. The largest absolute Gasteiger partial charge is 0.287 e. The van der Waals surface area contributed by atoms with E-state index in [1.54, 1.807) is 48.5 Å². The van der Waals surface area contributed by atoms with Gasteiger partial charge in [0, 0.05) is 11.1 Å². The molecule has 1 heterocycles. The highest BCUT2D eigenvalue weighted by atomic mass is 32.1. The number of carbonyl (C=O) groups is 2. The second-order valence-corrected chi connectivity index (χ2v) is 5.75. The summed E-state index contributed by atoms with van der Waals surface area (Å²) in [4.78, 5) is 29.7. The van der Waals surface area contributed by atoms with Crippen molar-refractivity contribution in [2.24, 2.45) is 4.99 Å². The third kappa shape index (κ3) is 3.49. The first-order valence-corrected chi connectivity index (χ1v) is 7.95. The number of Topliss-reactive ketones (excluding diaryl/α,β-unsaturated/α-hetero) is 1. The fourth-order valence-electron chi connectivity index (χ4n) is 2.13. The third-order valence-electron chi connectivity index (χ3n) is 3.24. The predicted octanol–water partition coefficient (Wildman–Crippen LogP) is 4.26. The quantitative estimate of drug-likeness (QED) is 0.533. The maximum Gasteiger partial charge on any atom is 0.287 e. The van der Waals surface area contributed by atoms with E-state index in [9.17, 15) is 9.59 Å². The van der Waals surface area contributed by atoms with Crippen molar-refractivity contribution in [3.63, 3.8) is 0 Å². The van der Waals surface area contributed by atoms with Crippen LogP contribution in [0.3, 0.4) is 0 Å². The number of hydrogen-bond acceptors (Lipinski definition) is 3. The van der Waals surface area contributed by atoms with Gasteiger partial charge in [-0.2, -0.15) is 0 Å². The molecular weight excluding hydrogens is 306 g/mol. The smallest absolute Gasteiger partial charge is 0.287 e. The van der Waals surface area contributed by atoms with Gasteiger partial charge in [0.1, 0.15) is 5.71 Å². The molecule has 1 amide bonds. The minimum absolute atomic E-state index is 0.162. The summed E-state index contributed by atoms with van der Waals surface area (Å²) in [5.74, 6) is -0.662. The minimum Gasteiger partial charge on any atom is -0.287 e. The summed E-state index contributed by atoms with van der Waals surface area (Å²) in [7, 11) is 0. The van der Waals surface area contributed by atoms with Crippen LogP contribution in [0, 0.1) is 0 Å². The Bertz CT molecular complexity index is 838. The summed E-state index contributed by atoms with van der Waals surface area (Å²) >= 11 is 1.31. The number of amides is 1.